The number of carbonyl (C=O) groups is 3. The molecule has 0 fully saturated rings. The molecule has 9 nitrogen and oxygen atoms in total. The maximum Gasteiger partial charge on any atom is 0.350 e. The second-order valence-corrected chi connectivity index (χ2v) is 9.53. The van der Waals surface area contributed by atoms with Crippen LogP contribution in [0.1, 0.15) is 36.8 Å². The number of aliphatic hydroxyl groups is 1. The number of esters is 1. The molecule has 35 heavy (non-hydrogen) atoms. The Morgan fingerprint density at radius 3 is 2.69 bits per heavy atom. The lowest BCUT2D eigenvalue weighted by Gasteiger charge is -2.22. The van der Waals surface area contributed by atoms with Gasteiger partial charge < -0.3 is 19.0 Å². The maximum atomic E-state index is 13.7. The number of thiophene rings is 1. The Kier molecular flexibility index (Phi) is 5.65. The van der Waals surface area contributed by atoms with E-state index in [9.17, 15) is 19.5 Å². The number of thiazole rings is 1. The Hall–Kier alpha value is -3.96. The number of fused-ring (bicyclic) bond motifs is 1. The molecule has 0 aliphatic carbocycles. The first-order valence-corrected chi connectivity index (χ1v) is 12.0. The summed E-state index contributed by atoms with van der Waals surface area (Å²) in [5.74, 6) is -2.33. The summed E-state index contributed by atoms with van der Waals surface area (Å²) in [4.78, 5) is 45.5. The van der Waals surface area contributed by atoms with E-state index in [0.29, 0.717) is 27.3 Å². The quantitative estimate of drug-likeness (QED) is 0.289. The van der Waals surface area contributed by atoms with Crippen molar-refractivity contribution in [2.75, 3.05) is 19.1 Å². The number of aliphatic hydroxyl groups excluding tert-OH is 1. The Balaban J connectivity index is 1.63. The van der Waals surface area contributed by atoms with Crippen molar-refractivity contribution in [3.05, 3.63) is 74.3 Å². The highest BCUT2D eigenvalue weighted by atomic mass is 32.1. The summed E-state index contributed by atoms with van der Waals surface area (Å²) in [6, 6.07) is 9.35. The van der Waals surface area contributed by atoms with Crippen LogP contribution in [0.2, 0.25) is 0 Å². The third-order valence-electron chi connectivity index (χ3n) is 5.58. The molecule has 1 N–H and O–H groups in total. The number of ether oxygens (including phenoxy) is 2. The van der Waals surface area contributed by atoms with Gasteiger partial charge in [-0.3, -0.25) is 14.5 Å². The topological polar surface area (TPSA) is 119 Å². The van der Waals surface area contributed by atoms with E-state index in [1.54, 1.807) is 48.7 Å². The van der Waals surface area contributed by atoms with Gasteiger partial charge in [0, 0.05) is 10.3 Å². The summed E-state index contributed by atoms with van der Waals surface area (Å²) >= 11 is 2.26. The van der Waals surface area contributed by atoms with Gasteiger partial charge in [0.1, 0.15) is 10.9 Å². The molecule has 1 amide bonds. The molecule has 1 aromatic carbocycles. The van der Waals surface area contributed by atoms with Crippen LogP contribution < -0.4 is 9.64 Å². The number of hydrogen-bond acceptors (Lipinski definition) is 10. The number of methoxy groups -OCH3 is 2. The molecule has 0 bridgehead atoms. The van der Waals surface area contributed by atoms with Crippen LogP contribution in [0.5, 0.6) is 5.75 Å². The lowest BCUT2D eigenvalue weighted by Crippen LogP contribution is -2.30. The van der Waals surface area contributed by atoms with Crippen molar-refractivity contribution in [3.8, 4) is 5.75 Å². The van der Waals surface area contributed by atoms with Gasteiger partial charge in [-0.15, -0.1) is 11.3 Å². The van der Waals surface area contributed by atoms with Crippen LogP contribution in [0.25, 0.3) is 11.0 Å². The zero-order chi connectivity index (χ0) is 24.9. The summed E-state index contributed by atoms with van der Waals surface area (Å²) in [5.41, 5.74) is 0.617. The van der Waals surface area contributed by atoms with Gasteiger partial charge >= 0.3 is 5.97 Å². The lowest BCUT2D eigenvalue weighted by molar-refractivity contribution is -0.117. The van der Waals surface area contributed by atoms with E-state index in [4.69, 9.17) is 13.9 Å². The number of carbonyl (C=O) groups excluding carboxylic acids is 3. The number of hydrogen-bond donors (Lipinski definition) is 1. The molecule has 1 aliphatic rings. The summed E-state index contributed by atoms with van der Waals surface area (Å²) in [7, 11) is 2.75. The van der Waals surface area contributed by atoms with Crippen molar-refractivity contribution < 1.29 is 33.4 Å². The second-order valence-electron chi connectivity index (χ2n) is 7.58. The van der Waals surface area contributed by atoms with E-state index >= 15 is 0 Å². The van der Waals surface area contributed by atoms with E-state index in [1.165, 1.54) is 30.5 Å². The first kappa shape index (κ1) is 22.8. The average molecular weight is 511 g/mol. The zero-order valence-corrected chi connectivity index (χ0v) is 20.4. The van der Waals surface area contributed by atoms with Crippen LogP contribution in [0, 0.1) is 6.92 Å². The van der Waals surface area contributed by atoms with E-state index < -0.39 is 29.5 Å². The minimum atomic E-state index is -0.957. The van der Waals surface area contributed by atoms with Crippen molar-refractivity contribution in [1.29, 1.82) is 0 Å². The molecule has 1 unspecified atom stereocenters. The average Bonchev–Trinajstić information content (AvgIpc) is 3.64. The zero-order valence-electron chi connectivity index (χ0n) is 18.7. The van der Waals surface area contributed by atoms with Crippen molar-refractivity contribution in [2.45, 2.75) is 13.0 Å². The number of para-hydroxylation sites is 1. The number of nitrogens with zero attached hydrogens (tertiary/aromatic N) is 2. The van der Waals surface area contributed by atoms with Gasteiger partial charge in [0.15, 0.2) is 28.0 Å². The SMILES string of the molecule is COC(=O)c1sc(N2C(=O)C(O)=C(C(=O)c3cc4cccc(OC)c4o3)C2c2cccs2)nc1C. The molecule has 1 aliphatic heterocycles. The molecule has 4 heterocycles. The highest BCUT2D eigenvalue weighted by molar-refractivity contribution is 7.17. The van der Waals surface area contributed by atoms with Gasteiger partial charge in [0.25, 0.3) is 5.91 Å². The van der Waals surface area contributed by atoms with Crippen LogP contribution in [-0.4, -0.2) is 42.0 Å². The van der Waals surface area contributed by atoms with Gasteiger partial charge in [-0.1, -0.05) is 29.5 Å². The largest absolute Gasteiger partial charge is 0.503 e. The van der Waals surface area contributed by atoms with Gasteiger partial charge in [-0.2, -0.15) is 0 Å². The molecule has 3 aromatic heterocycles. The molecule has 11 heteroatoms. The van der Waals surface area contributed by atoms with Crippen molar-refractivity contribution >= 4 is 56.4 Å². The minimum absolute atomic E-state index is 0.0483. The normalized spacial score (nSPS) is 15.8. The predicted octanol–water partition coefficient (Wildman–Crippen LogP) is 4.84. The predicted molar refractivity (Wildman–Crippen MR) is 129 cm³/mol. The number of furan rings is 1. The first-order chi connectivity index (χ1) is 16.8. The Morgan fingerprint density at radius 2 is 2.00 bits per heavy atom. The fraction of sp³-hybridized carbons (Fsp3) is 0.167. The Labute approximate surface area is 206 Å². The number of rotatable bonds is 6. The summed E-state index contributed by atoms with van der Waals surface area (Å²) in [6.45, 7) is 1.62. The number of benzene rings is 1. The van der Waals surface area contributed by atoms with Crippen molar-refractivity contribution in [1.82, 2.24) is 4.98 Å². The molecule has 0 saturated carbocycles. The summed E-state index contributed by atoms with van der Waals surface area (Å²) in [6.07, 6.45) is 0. The van der Waals surface area contributed by atoms with Crippen LogP contribution in [0.15, 0.2) is 57.5 Å². The molecule has 0 radical (unpaired) electrons. The second kappa shape index (κ2) is 8.67. The maximum absolute atomic E-state index is 13.7. The van der Waals surface area contributed by atoms with Crippen LogP contribution in [0.3, 0.4) is 0 Å². The highest BCUT2D eigenvalue weighted by Crippen LogP contribution is 2.45. The molecule has 5 rings (SSSR count). The lowest BCUT2D eigenvalue weighted by atomic mass is 10.0. The Morgan fingerprint density at radius 1 is 1.20 bits per heavy atom. The van der Waals surface area contributed by atoms with Crippen LogP contribution in [-0.2, 0) is 9.53 Å². The first-order valence-electron chi connectivity index (χ1n) is 10.3. The van der Waals surface area contributed by atoms with E-state index in [0.717, 1.165) is 11.3 Å². The van der Waals surface area contributed by atoms with Crippen LogP contribution >= 0.6 is 22.7 Å². The number of amides is 1. The van der Waals surface area contributed by atoms with E-state index in [-0.39, 0.29) is 21.3 Å². The van der Waals surface area contributed by atoms with Gasteiger partial charge in [0.2, 0.25) is 5.78 Å². The standard InChI is InChI=1S/C24H18N2O7S2/c1-11-21(23(30)32-3)35-24(25-11)26-17(15-8-5-9-34-15)16(19(28)22(26)29)18(27)14-10-12-6-4-7-13(31-2)20(12)33-14/h4-10,17,28H,1-3H3. The fourth-order valence-electron chi connectivity index (χ4n) is 3.96. The molecule has 0 spiro atoms. The highest BCUT2D eigenvalue weighted by Gasteiger charge is 2.47. The third-order valence-corrected chi connectivity index (χ3v) is 7.64. The molecule has 4 aromatic rings. The molecule has 178 valence electrons. The van der Waals surface area contributed by atoms with E-state index in [1.807, 2.05) is 0 Å². The fourth-order valence-corrected chi connectivity index (χ4v) is 5.79. The monoisotopic (exact) mass is 510 g/mol. The van der Waals surface area contributed by atoms with Crippen LogP contribution in [0.4, 0.5) is 5.13 Å². The number of aryl methyl sites for hydroxylation is 1. The third kappa shape index (κ3) is 3.60. The van der Waals surface area contributed by atoms with Crippen molar-refractivity contribution in [2.24, 2.45) is 0 Å². The Bertz CT molecular complexity index is 1510. The smallest absolute Gasteiger partial charge is 0.350 e. The molecular weight excluding hydrogens is 492 g/mol. The number of anilines is 1. The van der Waals surface area contributed by atoms with Gasteiger partial charge in [-0.25, -0.2) is 9.78 Å². The molecule has 1 atom stereocenters. The molecular formula is C24H18N2O7S2. The summed E-state index contributed by atoms with van der Waals surface area (Å²) in [5, 5.41) is 13.5. The van der Waals surface area contributed by atoms with Crippen molar-refractivity contribution in [3.63, 3.8) is 0 Å². The van der Waals surface area contributed by atoms with Gasteiger partial charge in [-0.05, 0) is 30.5 Å². The number of Topliss-reactive ketones (excluding diaryl/α,β-unsaturated/α-hetero) is 1. The van der Waals surface area contributed by atoms with E-state index in [2.05, 4.69) is 4.98 Å². The van der Waals surface area contributed by atoms with Gasteiger partial charge in [0.05, 0.1) is 25.5 Å². The molecule has 0 saturated heterocycles. The minimum Gasteiger partial charge on any atom is -0.503 e. The summed E-state index contributed by atoms with van der Waals surface area (Å²) < 4.78 is 15.9. The number of aromatic nitrogens is 1. The number of ketones is 1.